The molecule has 1 atom stereocenters. The van der Waals surface area contributed by atoms with Gasteiger partial charge in [-0.05, 0) is 24.1 Å². The average Bonchev–Trinajstić information content (AvgIpc) is 2.01. The molecule has 0 aliphatic heterocycles. The summed E-state index contributed by atoms with van der Waals surface area (Å²) in [5, 5.41) is 0.0508. The fraction of sp³-hybridized carbons (Fsp3) is 0.333. The van der Waals surface area contributed by atoms with Gasteiger partial charge < -0.3 is 5.73 Å². The lowest BCUT2D eigenvalue weighted by atomic mass is 10.1. The van der Waals surface area contributed by atoms with Gasteiger partial charge in [0.05, 0.1) is 0 Å². The summed E-state index contributed by atoms with van der Waals surface area (Å²) in [6.07, 6.45) is -4.46. The number of hydrogen-bond acceptors (Lipinski definition) is 1. The molecule has 1 aromatic carbocycles. The van der Waals surface area contributed by atoms with Crippen molar-refractivity contribution >= 4 is 11.6 Å². The second-order valence-electron chi connectivity index (χ2n) is 3.04. The quantitative estimate of drug-likeness (QED) is 0.777. The van der Waals surface area contributed by atoms with Crippen LogP contribution in [0.2, 0.25) is 5.02 Å². The standard InChI is InChI=1S/C9H9ClF3N/c1-5-2-3-6(7(10)4-5)8(14)9(11,12)13/h2-4,8H,14H2,1H3/t8-/m0/s1. The largest absolute Gasteiger partial charge is 0.407 e. The van der Waals surface area contributed by atoms with Crippen LogP contribution in [0.15, 0.2) is 18.2 Å². The molecule has 2 N–H and O–H groups in total. The Bertz CT molecular complexity index is 335. The second kappa shape index (κ2) is 3.79. The summed E-state index contributed by atoms with van der Waals surface area (Å²) in [6, 6.07) is 2.29. The summed E-state index contributed by atoms with van der Waals surface area (Å²) in [7, 11) is 0. The minimum atomic E-state index is -4.46. The molecule has 0 aromatic heterocycles. The fourth-order valence-electron chi connectivity index (χ4n) is 1.06. The normalized spacial score (nSPS) is 14.1. The summed E-state index contributed by atoms with van der Waals surface area (Å²) in [4.78, 5) is 0. The lowest BCUT2D eigenvalue weighted by Gasteiger charge is -2.17. The van der Waals surface area contributed by atoms with Crippen LogP contribution in [0.1, 0.15) is 17.2 Å². The number of aryl methyl sites for hydroxylation is 1. The Morgan fingerprint density at radius 1 is 1.36 bits per heavy atom. The Labute approximate surface area is 84.7 Å². The first-order valence-corrected chi connectivity index (χ1v) is 4.28. The van der Waals surface area contributed by atoms with E-state index in [-0.39, 0.29) is 10.6 Å². The zero-order valence-corrected chi connectivity index (χ0v) is 8.15. The van der Waals surface area contributed by atoms with Crippen LogP contribution in [0.3, 0.4) is 0 Å². The van der Waals surface area contributed by atoms with Crippen molar-refractivity contribution in [1.29, 1.82) is 0 Å². The third kappa shape index (κ3) is 2.39. The maximum atomic E-state index is 12.2. The first kappa shape index (κ1) is 11.3. The Kier molecular flexibility index (Phi) is 3.07. The molecule has 0 unspecified atom stereocenters. The summed E-state index contributed by atoms with van der Waals surface area (Å²) < 4.78 is 36.7. The monoisotopic (exact) mass is 223 g/mol. The minimum absolute atomic E-state index is 0.0508. The molecule has 0 fully saturated rings. The average molecular weight is 224 g/mol. The zero-order chi connectivity index (χ0) is 10.9. The minimum Gasteiger partial charge on any atom is -0.316 e. The number of alkyl halides is 3. The number of nitrogens with two attached hydrogens (primary N) is 1. The van der Waals surface area contributed by atoms with Crippen LogP contribution >= 0.6 is 11.6 Å². The molecule has 0 radical (unpaired) electrons. The van der Waals surface area contributed by atoms with Gasteiger partial charge in [-0.25, -0.2) is 0 Å². The molecule has 0 spiro atoms. The molecular weight excluding hydrogens is 215 g/mol. The van der Waals surface area contributed by atoms with Crippen molar-refractivity contribution in [2.75, 3.05) is 0 Å². The van der Waals surface area contributed by atoms with Crippen LogP contribution in [0.4, 0.5) is 13.2 Å². The number of rotatable bonds is 1. The molecule has 0 heterocycles. The topological polar surface area (TPSA) is 26.0 Å². The number of hydrogen-bond donors (Lipinski definition) is 1. The lowest BCUT2D eigenvalue weighted by molar-refractivity contribution is -0.149. The molecule has 0 bridgehead atoms. The van der Waals surface area contributed by atoms with Crippen molar-refractivity contribution in [3.8, 4) is 0 Å². The first-order valence-electron chi connectivity index (χ1n) is 3.90. The Morgan fingerprint density at radius 3 is 2.36 bits per heavy atom. The van der Waals surface area contributed by atoms with Crippen LogP contribution in [-0.2, 0) is 0 Å². The van der Waals surface area contributed by atoms with Gasteiger partial charge in [0.2, 0.25) is 0 Å². The van der Waals surface area contributed by atoms with Gasteiger partial charge in [-0.3, -0.25) is 0 Å². The van der Waals surface area contributed by atoms with E-state index in [1.54, 1.807) is 13.0 Å². The predicted octanol–water partition coefficient (Wildman–Crippen LogP) is 3.21. The van der Waals surface area contributed by atoms with Crippen LogP contribution in [-0.4, -0.2) is 6.18 Å². The maximum absolute atomic E-state index is 12.2. The highest BCUT2D eigenvalue weighted by Gasteiger charge is 2.38. The molecule has 0 saturated carbocycles. The smallest absolute Gasteiger partial charge is 0.316 e. The van der Waals surface area contributed by atoms with E-state index >= 15 is 0 Å². The highest BCUT2D eigenvalue weighted by atomic mass is 35.5. The maximum Gasteiger partial charge on any atom is 0.407 e. The van der Waals surface area contributed by atoms with E-state index in [4.69, 9.17) is 17.3 Å². The van der Waals surface area contributed by atoms with Gasteiger partial charge in [-0.15, -0.1) is 0 Å². The summed E-state index contributed by atoms with van der Waals surface area (Å²) in [6.45, 7) is 1.74. The van der Waals surface area contributed by atoms with E-state index in [9.17, 15) is 13.2 Å². The van der Waals surface area contributed by atoms with Crippen molar-refractivity contribution in [1.82, 2.24) is 0 Å². The molecule has 1 rings (SSSR count). The van der Waals surface area contributed by atoms with Crippen molar-refractivity contribution in [3.63, 3.8) is 0 Å². The van der Waals surface area contributed by atoms with Gasteiger partial charge in [0.25, 0.3) is 0 Å². The van der Waals surface area contributed by atoms with Crippen LogP contribution in [0, 0.1) is 6.92 Å². The summed E-state index contributed by atoms with van der Waals surface area (Å²) >= 11 is 5.65. The highest BCUT2D eigenvalue weighted by molar-refractivity contribution is 6.31. The van der Waals surface area contributed by atoms with E-state index < -0.39 is 12.2 Å². The van der Waals surface area contributed by atoms with E-state index in [0.29, 0.717) is 0 Å². The van der Waals surface area contributed by atoms with E-state index in [1.807, 2.05) is 0 Å². The van der Waals surface area contributed by atoms with Gasteiger partial charge in [0.1, 0.15) is 6.04 Å². The van der Waals surface area contributed by atoms with Crippen molar-refractivity contribution in [3.05, 3.63) is 34.3 Å². The fourth-order valence-corrected chi connectivity index (χ4v) is 1.41. The molecule has 78 valence electrons. The molecule has 0 saturated heterocycles. The van der Waals surface area contributed by atoms with Gasteiger partial charge in [-0.2, -0.15) is 13.2 Å². The van der Waals surface area contributed by atoms with E-state index in [1.165, 1.54) is 12.1 Å². The molecule has 5 heteroatoms. The zero-order valence-electron chi connectivity index (χ0n) is 7.40. The molecular formula is C9H9ClF3N. The van der Waals surface area contributed by atoms with Crippen molar-refractivity contribution in [2.45, 2.75) is 19.1 Å². The van der Waals surface area contributed by atoms with E-state index in [0.717, 1.165) is 5.56 Å². The summed E-state index contributed by atoms with van der Waals surface area (Å²) in [5.41, 5.74) is 5.72. The number of halogens is 4. The Balaban J connectivity index is 3.08. The highest BCUT2D eigenvalue weighted by Crippen LogP contribution is 2.34. The molecule has 14 heavy (non-hydrogen) atoms. The number of benzene rings is 1. The van der Waals surface area contributed by atoms with Crippen LogP contribution in [0.5, 0.6) is 0 Å². The molecule has 0 aliphatic carbocycles. The molecule has 0 amide bonds. The van der Waals surface area contributed by atoms with Crippen molar-refractivity contribution < 1.29 is 13.2 Å². The van der Waals surface area contributed by atoms with Gasteiger partial charge in [-0.1, -0.05) is 23.7 Å². The molecule has 1 nitrogen and oxygen atoms in total. The first-order chi connectivity index (χ1) is 6.32. The van der Waals surface area contributed by atoms with Crippen LogP contribution in [0.25, 0.3) is 0 Å². The van der Waals surface area contributed by atoms with Gasteiger partial charge in [0, 0.05) is 5.02 Å². The summed E-state index contributed by atoms with van der Waals surface area (Å²) in [5.74, 6) is 0. The van der Waals surface area contributed by atoms with Crippen LogP contribution < -0.4 is 5.73 Å². The SMILES string of the molecule is Cc1ccc([C@H](N)C(F)(F)F)c(Cl)c1. The van der Waals surface area contributed by atoms with Gasteiger partial charge >= 0.3 is 6.18 Å². The molecule has 1 aromatic rings. The predicted molar refractivity (Wildman–Crippen MR) is 49.2 cm³/mol. The van der Waals surface area contributed by atoms with E-state index in [2.05, 4.69) is 0 Å². The second-order valence-corrected chi connectivity index (χ2v) is 3.45. The molecule has 0 aliphatic rings. The Morgan fingerprint density at radius 2 is 1.93 bits per heavy atom. The third-order valence-corrected chi connectivity index (χ3v) is 2.17. The lowest BCUT2D eigenvalue weighted by Crippen LogP contribution is -2.28. The Hall–Kier alpha value is -0.740. The third-order valence-electron chi connectivity index (χ3n) is 1.84. The van der Waals surface area contributed by atoms with Crippen molar-refractivity contribution in [2.24, 2.45) is 5.73 Å². The van der Waals surface area contributed by atoms with Gasteiger partial charge in [0.15, 0.2) is 0 Å².